The second-order valence-electron chi connectivity index (χ2n) is 5.15. The van der Waals surface area contributed by atoms with Crippen LogP contribution in [0.15, 0.2) is 10.5 Å². The fourth-order valence-electron chi connectivity index (χ4n) is 2.30. The Morgan fingerprint density at radius 1 is 1.45 bits per heavy atom. The summed E-state index contributed by atoms with van der Waals surface area (Å²) >= 11 is 0. The number of hydrogen-bond acceptors (Lipinski definition) is 5. The quantitative estimate of drug-likeness (QED) is 0.813. The second kappa shape index (κ2) is 6.88. The van der Waals surface area contributed by atoms with Crippen molar-refractivity contribution in [1.82, 2.24) is 10.2 Å². The van der Waals surface area contributed by atoms with Gasteiger partial charge in [-0.2, -0.15) is 0 Å². The van der Waals surface area contributed by atoms with Gasteiger partial charge in [-0.1, -0.05) is 0 Å². The van der Waals surface area contributed by atoms with E-state index >= 15 is 0 Å². The molecule has 2 N–H and O–H groups in total. The number of furan rings is 1. The Morgan fingerprint density at radius 3 is 2.75 bits per heavy atom. The maximum atomic E-state index is 11.9. The zero-order valence-electron chi connectivity index (χ0n) is 12.0. The average molecular weight is 282 g/mol. The molecule has 0 aliphatic carbocycles. The van der Waals surface area contributed by atoms with E-state index in [0.29, 0.717) is 31.3 Å². The van der Waals surface area contributed by atoms with Crippen LogP contribution in [0.5, 0.6) is 0 Å². The van der Waals surface area contributed by atoms with Crippen molar-refractivity contribution in [2.75, 3.05) is 39.4 Å². The minimum Gasteiger partial charge on any atom is -0.456 e. The van der Waals surface area contributed by atoms with Gasteiger partial charge < -0.3 is 19.6 Å². The van der Waals surface area contributed by atoms with Gasteiger partial charge in [-0.15, -0.1) is 0 Å². The lowest BCUT2D eigenvalue weighted by atomic mass is 10.2. The normalized spacial score (nSPS) is 17.9. The molecular weight excluding hydrogens is 260 g/mol. The number of aliphatic hydroxyl groups is 1. The minimum absolute atomic E-state index is 0.218. The van der Waals surface area contributed by atoms with Crippen molar-refractivity contribution < 1.29 is 19.1 Å². The first-order chi connectivity index (χ1) is 9.56. The number of amides is 1. The lowest BCUT2D eigenvalue weighted by molar-refractivity contribution is 0.0148. The van der Waals surface area contributed by atoms with Crippen LogP contribution in [0.4, 0.5) is 0 Å². The first-order valence-electron chi connectivity index (χ1n) is 6.89. The van der Waals surface area contributed by atoms with Gasteiger partial charge in [-0.3, -0.25) is 9.69 Å². The number of aryl methyl sites for hydroxylation is 2. The van der Waals surface area contributed by atoms with E-state index in [2.05, 4.69) is 10.2 Å². The van der Waals surface area contributed by atoms with Gasteiger partial charge in [0.05, 0.1) is 19.3 Å². The van der Waals surface area contributed by atoms with Crippen LogP contribution in [-0.2, 0) is 4.74 Å². The third-order valence-corrected chi connectivity index (χ3v) is 3.32. The summed E-state index contributed by atoms with van der Waals surface area (Å²) in [7, 11) is 0. The van der Waals surface area contributed by atoms with E-state index in [1.807, 2.05) is 13.0 Å². The van der Waals surface area contributed by atoms with E-state index in [1.54, 1.807) is 6.92 Å². The van der Waals surface area contributed by atoms with Crippen LogP contribution in [0, 0.1) is 13.8 Å². The molecule has 0 bridgehead atoms. The molecule has 2 rings (SSSR count). The molecule has 1 aromatic heterocycles. The van der Waals surface area contributed by atoms with Gasteiger partial charge in [-0.05, 0) is 19.9 Å². The molecule has 0 spiro atoms. The van der Waals surface area contributed by atoms with Crippen molar-refractivity contribution in [3.05, 3.63) is 23.2 Å². The van der Waals surface area contributed by atoms with Crippen LogP contribution < -0.4 is 5.32 Å². The van der Waals surface area contributed by atoms with Gasteiger partial charge in [0.15, 0.2) is 5.76 Å². The van der Waals surface area contributed by atoms with Gasteiger partial charge in [0, 0.05) is 31.7 Å². The van der Waals surface area contributed by atoms with E-state index in [-0.39, 0.29) is 12.5 Å². The lowest BCUT2D eigenvalue weighted by Gasteiger charge is -2.28. The monoisotopic (exact) mass is 282 g/mol. The summed E-state index contributed by atoms with van der Waals surface area (Å²) in [6.45, 7) is 7.43. The first kappa shape index (κ1) is 15.0. The van der Waals surface area contributed by atoms with E-state index < -0.39 is 6.10 Å². The molecule has 1 amide bonds. The number of aliphatic hydroxyl groups excluding tert-OH is 1. The predicted octanol–water partition coefficient (Wildman–Crippen LogP) is 0.319. The first-order valence-corrected chi connectivity index (χ1v) is 6.89. The lowest BCUT2D eigenvalue weighted by Crippen LogP contribution is -2.44. The fraction of sp³-hybridized carbons (Fsp3) is 0.643. The number of nitrogens with zero attached hydrogens (tertiary/aromatic N) is 1. The topological polar surface area (TPSA) is 74.9 Å². The number of β-amino-alcohol motifs (C(OH)–C–C–N with tert-alkyl or cyclic N) is 1. The highest BCUT2D eigenvalue weighted by Gasteiger charge is 2.18. The number of rotatable bonds is 5. The van der Waals surface area contributed by atoms with E-state index in [4.69, 9.17) is 9.15 Å². The maximum absolute atomic E-state index is 11.9. The molecule has 6 nitrogen and oxygen atoms in total. The maximum Gasteiger partial charge on any atom is 0.287 e. The zero-order valence-corrected chi connectivity index (χ0v) is 12.0. The molecule has 20 heavy (non-hydrogen) atoms. The Morgan fingerprint density at radius 2 is 2.15 bits per heavy atom. The van der Waals surface area contributed by atoms with Gasteiger partial charge in [0.1, 0.15) is 5.76 Å². The Balaban J connectivity index is 1.76. The van der Waals surface area contributed by atoms with Crippen LogP contribution in [-0.4, -0.2) is 61.4 Å². The summed E-state index contributed by atoms with van der Waals surface area (Å²) < 4.78 is 10.6. The van der Waals surface area contributed by atoms with Crippen molar-refractivity contribution in [2.45, 2.75) is 20.0 Å². The highest BCUT2D eigenvalue weighted by atomic mass is 16.5. The predicted molar refractivity (Wildman–Crippen MR) is 73.8 cm³/mol. The molecule has 112 valence electrons. The Bertz CT molecular complexity index is 452. The molecule has 1 saturated heterocycles. The third kappa shape index (κ3) is 4.06. The van der Waals surface area contributed by atoms with Crippen LogP contribution in [0.25, 0.3) is 0 Å². The Kier molecular flexibility index (Phi) is 5.17. The molecule has 0 saturated carbocycles. The average Bonchev–Trinajstić information content (AvgIpc) is 2.76. The molecule has 0 aromatic carbocycles. The summed E-state index contributed by atoms with van der Waals surface area (Å²) in [5, 5.41) is 12.6. The van der Waals surface area contributed by atoms with Crippen molar-refractivity contribution in [1.29, 1.82) is 0 Å². The molecule has 1 aliphatic rings. The molecule has 0 radical (unpaired) electrons. The van der Waals surface area contributed by atoms with Gasteiger partial charge >= 0.3 is 0 Å². The molecule has 1 aliphatic heterocycles. The van der Waals surface area contributed by atoms with Crippen molar-refractivity contribution in [3.63, 3.8) is 0 Å². The minimum atomic E-state index is -0.589. The SMILES string of the molecule is Cc1cc(C)c(C(=O)NCC(O)CN2CCOCC2)o1. The fourth-order valence-corrected chi connectivity index (χ4v) is 2.30. The number of hydrogen-bond donors (Lipinski definition) is 2. The summed E-state index contributed by atoms with van der Waals surface area (Å²) in [5.41, 5.74) is 0.808. The largest absolute Gasteiger partial charge is 0.456 e. The summed E-state index contributed by atoms with van der Waals surface area (Å²) in [5.74, 6) is 0.749. The number of morpholine rings is 1. The Hall–Kier alpha value is -1.37. The summed E-state index contributed by atoms with van der Waals surface area (Å²) in [4.78, 5) is 14.1. The zero-order chi connectivity index (χ0) is 14.5. The molecule has 6 heteroatoms. The van der Waals surface area contributed by atoms with Crippen LogP contribution in [0.1, 0.15) is 21.9 Å². The third-order valence-electron chi connectivity index (χ3n) is 3.32. The van der Waals surface area contributed by atoms with Crippen molar-refractivity contribution in [2.24, 2.45) is 0 Å². The summed E-state index contributed by atoms with van der Waals surface area (Å²) in [6, 6.07) is 1.82. The standard InChI is InChI=1S/C14H22N2O4/c1-10-7-11(2)20-13(10)14(18)15-8-12(17)9-16-3-5-19-6-4-16/h7,12,17H,3-6,8-9H2,1-2H3,(H,15,18). The van der Waals surface area contributed by atoms with E-state index in [9.17, 15) is 9.90 Å². The van der Waals surface area contributed by atoms with E-state index in [0.717, 1.165) is 18.7 Å². The van der Waals surface area contributed by atoms with E-state index in [1.165, 1.54) is 0 Å². The molecule has 1 atom stereocenters. The highest BCUT2D eigenvalue weighted by Crippen LogP contribution is 2.13. The molecule has 1 aromatic rings. The number of nitrogens with one attached hydrogen (secondary N) is 1. The molecule has 2 heterocycles. The van der Waals surface area contributed by atoms with Crippen LogP contribution in [0.2, 0.25) is 0 Å². The number of ether oxygens (including phenoxy) is 1. The van der Waals surface area contributed by atoms with Gasteiger partial charge in [-0.25, -0.2) is 0 Å². The molecule has 1 unspecified atom stereocenters. The number of carbonyl (C=O) groups excluding carboxylic acids is 1. The van der Waals surface area contributed by atoms with Gasteiger partial charge in [0.2, 0.25) is 0 Å². The smallest absolute Gasteiger partial charge is 0.287 e. The Labute approximate surface area is 118 Å². The molecule has 1 fully saturated rings. The van der Waals surface area contributed by atoms with Gasteiger partial charge in [0.25, 0.3) is 5.91 Å². The highest BCUT2D eigenvalue weighted by molar-refractivity contribution is 5.92. The van der Waals surface area contributed by atoms with Crippen molar-refractivity contribution >= 4 is 5.91 Å². The summed E-state index contributed by atoms with van der Waals surface area (Å²) in [6.07, 6.45) is -0.589. The molecular formula is C14H22N2O4. The van der Waals surface area contributed by atoms with Crippen LogP contribution in [0.3, 0.4) is 0 Å². The van der Waals surface area contributed by atoms with Crippen molar-refractivity contribution in [3.8, 4) is 0 Å². The van der Waals surface area contributed by atoms with Crippen LogP contribution >= 0.6 is 0 Å². The number of carbonyl (C=O) groups is 1. The second-order valence-corrected chi connectivity index (χ2v) is 5.15.